The molecule has 1 N–H and O–H groups in total. The molecular formula is C11H6F5NO3. The third-order valence-corrected chi connectivity index (χ3v) is 2.20. The van der Waals surface area contributed by atoms with Crippen LogP contribution < -0.4 is 4.74 Å². The zero-order chi connectivity index (χ0) is 15.5. The second-order valence-corrected chi connectivity index (χ2v) is 3.56. The molecule has 0 fully saturated rings. The molecule has 0 saturated carbocycles. The van der Waals surface area contributed by atoms with E-state index in [1.165, 1.54) is 6.07 Å². The van der Waals surface area contributed by atoms with Crippen LogP contribution in [0.5, 0.6) is 5.75 Å². The SMILES string of the molecule is N#Cc1cc(C(F)(F)F)cc(OC(F)F)c1CC(=O)O. The fraction of sp³-hybridized carbons (Fsp3) is 0.273. The number of nitriles is 1. The van der Waals surface area contributed by atoms with Crippen molar-refractivity contribution >= 4 is 5.97 Å². The maximum atomic E-state index is 12.5. The Kier molecular flexibility index (Phi) is 4.49. The summed E-state index contributed by atoms with van der Waals surface area (Å²) in [6, 6.07) is 1.97. The van der Waals surface area contributed by atoms with Gasteiger partial charge in [0.25, 0.3) is 0 Å². The lowest BCUT2D eigenvalue weighted by Crippen LogP contribution is -2.13. The van der Waals surface area contributed by atoms with Crippen LogP contribution in [0, 0.1) is 11.3 Å². The quantitative estimate of drug-likeness (QED) is 0.867. The fourth-order valence-corrected chi connectivity index (χ4v) is 1.44. The van der Waals surface area contributed by atoms with Crippen LogP contribution in [-0.4, -0.2) is 17.7 Å². The second kappa shape index (κ2) is 5.73. The van der Waals surface area contributed by atoms with Gasteiger partial charge in [-0.3, -0.25) is 4.79 Å². The molecule has 0 aromatic heterocycles. The number of hydrogen-bond donors (Lipinski definition) is 1. The van der Waals surface area contributed by atoms with E-state index >= 15 is 0 Å². The number of carbonyl (C=O) groups is 1. The summed E-state index contributed by atoms with van der Waals surface area (Å²) in [6.07, 6.45) is -5.79. The van der Waals surface area contributed by atoms with Crippen LogP contribution in [0.3, 0.4) is 0 Å². The average molecular weight is 295 g/mol. The molecule has 0 aliphatic carbocycles. The Morgan fingerprint density at radius 1 is 1.40 bits per heavy atom. The molecule has 20 heavy (non-hydrogen) atoms. The third kappa shape index (κ3) is 3.81. The maximum Gasteiger partial charge on any atom is 0.416 e. The van der Waals surface area contributed by atoms with E-state index in [-0.39, 0.29) is 6.07 Å². The first-order valence-corrected chi connectivity index (χ1v) is 4.96. The van der Waals surface area contributed by atoms with Crippen LogP contribution in [0.1, 0.15) is 16.7 Å². The van der Waals surface area contributed by atoms with E-state index in [1.54, 1.807) is 0 Å². The Balaban J connectivity index is 3.48. The molecule has 0 amide bonds. The highest BCUT2D eigenvalue weighted by molar-refractivity contribution is 5.73. The maximum absolute atomic E-state index is 12.5. The fourth-order valence-electron chi connectivity index (χ4n) is 1.44. The van der Waals surface area contributed by atoms with Gasteiger partial charge in [0.1, 0.15) is 5.75 Å². The number of rotatable bonds is 4. The van der Waals surface area contributed by atoms with Crippen molar-refractivity contribution in [3.63, 3.8) is 0 Å². The summed E-state index contributed by atoms with van der Waals surface area (Å²) in [5.74, 6) is -2.48. The topological polar surface area (TPSA) is 70.3 Å². The Labute approximate surface area is 109 Å². The van der Waals surface area contributed by atoms with Gasteiger partial charge in [0.15, 0.2) is 0 Å². The van der Waals surface area contributed by atoms with Crippen LogP contribution in [0.2, 0.25) is 0 Å². The molecule has 4 nitrogen and oxygen atoms in total. The Bertz CT molecular complexity index is 562. The highest BCUT2D eigenvalue weighted by Crippen LogP contribution is 2.35. The minimum Gasteiger partial charge on any atom is -0.481 e. The number of carboxylic acid groups (broad SMARTS) is 1. The van der Waals surface area contributed by atoms with Gasteiger partial charge in [-0.2, -0.15) is 27.2 Å². The number of alkyl halides is 5. The predicted molar refractivity (Wildman–Crippen MR) is 54.1 cm³/mol. The van der Waals surface area contributed by atoms with Gasteiger partial charge in [0, 0.05) is 5.56 Å². The number of ether oxygens (including phenoxy) is 1. The highest BCUT2D eigenvalue weighted by atomic mass is 19.4. The first kappa shape index (κ1) is 15.7. The molecule has 0 aliphatic heterocycles. The first-order valence-electron chi connectivity index (χ1n) is 4.96. The van der Waals surface area contributed by atoms with E-state index < -0.39 is 47.6 Å². The van der Waals surface area contributed by atoms with Crippen LogP contribution in [0.25, 0.3) is 0 Å². The van der Waals surface area contributed by atoms with Crippen molar-refractivity contribution in [2.24, 2.45) is 0 Å². The monoisotopic (exact) mass is 295 g/mol. The van der Waals surface area contributed by atoms with Gasteiger partial charge < -0.3 is 9.84 Å². The van der Waals surface area contributed by atoms with Crippen molar-refractivity contribution in [3.05, 3.63) is 28.8 Å². The summed E-state index contributed by atoms with van der Waals surface area (Å²) in [4.78, 5) is 10.6. The van der Waals surface area contributed by atoms with Gasteiger partial charge in [-0.1, -0.05) is 0 Å². The van der Waals surface area contributed by atoms with Gasteiger partial charge in [-0.25, -0.2) is 0 Å². The molecule has 1 aromatic carbocycles. The van der Waals surface area contributed by atoms with Gasteiger partial charge in [0.05, 0.1) is 23.6 Å². The number of aliphatic carboxylic acids is 1. The smallest absolute Gasteiger partial charge is 0.416 e. The lowest BCUT2D eigenvalue weighted by Gasteiger charge is -2.14. The molecule has 0 unspecified atom stereocenters. The predicted octanol–water partition coefficient (Wildman–Crippen LogP) is 2.81. The summed E-state index contributed by atoms with van der Waals surface area (Å²) in [6.45, 7) is -3.45. The Morgan fingerprint density at radius 3 is 2.40 bits per heavy atom. The molecule has 0 aliphatic rings. The molecule has 0 heterocycles. The number of hydrogen-bond acceptors (Lipinski definition) is 3. The molecule has 1 rings (SSSR count). The second-order valence-electron chi connectivity index (χ2n) is 3.56. The Morgan fingerprint density at radius 2 is 2.00 bits per heavy atom. The van der Waals surface area contributed by atoms with E-state index in [9.17, 15) is 26.7 Å². The molecule has 1 aromatic rings. The normalized spacial score (nSPS) is 11.2. The number of nitrogens with zero attached hydrogens (tertiary/aromatic N) is 1. The average Bonchev–Trinajstić information content (AvgIpc) is 2.28. The molecule has 0 radical (unpaired) electrons. The van der Waals surface area contributed by atoms with E-state index in [4.69, 9.17) is 10.4 Å². The summed E-state index contributed by atoms with van der Waals surface area (Å²) in [7, 11) is 0. The lowest BCUT2D eigenvalue weighted by atomic mass is 10.0. The summed E-state index contributed by atoms with van der Waals surface area (Å²) in [5, 5.41) is 17.3. The van der Waals surface area contributed by atoms with Gasteiger partial charge in [-0.05, 0) is 12.1 Å². The van der Waals surface area contributed by atoms with E-state index in [0.29, 0.717) is 6.07 Å². The van der Waals surface area contributed by atoms with Crippen LogP contribution in [0.15, 0.2) is 12.1 Å². The van der Waals surface area contributed by atoms with Crippen molar-refractivity contribution in [2.45, 2.75) is 19.2 Å². The van der Waals surface area contributed by atoms with Gasteiger partial charge in [-0.15, -0.1) is 0 Å². The summed E-state index contributed by atoms with van der Waals surface area (Å²) < 4.78 is 65.9. The van der Waals surface area contributed by atoms with Crippen molar-refractivity contribution < 1.29 is 36.6 Å². The Hall–Kier alpha value is -2.37. The van der Waals surface area contributed by atoms with Crippen LogP contribution in [0.4, 0.5) is 22.0 Å². The van der Waals surface area contributed by atoms with Crippen LogP contribution >= 0.6 is 0 Å². The van der Waals surface area contributed by atoms with Crippen molar-refractivity contribution in [3.8, 4) is 11.8 Å². The van der Waals surface area contributed by atoms with E-state index in [2.05, 4.69) is 4.74 Å². The van der Waals surface area contributed by atoms with Gasteiger partial charge in [0.2, 0.25) is 0 Å². The standard InChI is InChI=1S/C11H6F5NO3/c12-10(13)20-8-2-6(11(14,15)16)1-5(4-17)7(8)3-9(18)19/h1-2,10H,3H2,(H,18,19). The minimum atomic E-state index is -4.88. The molecule has 0 bridgehead atoms. The number of benzene rings is 1. The number of carboxylic acids is 1. The molecular weight excluding hydrogens is 289 g/mol. The molecule has 0 saturated heterocycles. The number of halogens is 5. The van der Waals surface area contributed by atoms with Crippen molar-refractivity contribution in [1.82, 2.24) is 0 Å². The zero-order valence-corrected chi connectivity index (χ0v) is 9.54. The zero-order valence-electron chi connectivity index (χ0n) is 9.54. The lowest BCUT2D eigenvalue weighted by molar-refractivity contribution is -0.138. The van der Waals surface area contributed by atoms with Crippen molar-refractivity contribution in [2.75, 3.05) is 0 Å². The first-order chi connectivity index (χ1) is 9.15. The molecule has 108 valence electrons. The minimum absolute atomic E-state index is 0.241. The highest BCUT2D eigenvalue weighted by Gasteiger charge is 2.33. The molecule has 9 heteroatoms. The van der Waals surface area contributed by atoms with Crippen LogP contribution in [-0.2, 0) is 17.4 Å². The van der Waals surface area contributed by atoms with E-state index in [0.717, 1.165) is 0 Å². The molecule has 0 spiro atoms. The van der Waals surface area contributed by atoms with E-state index in [1.807, 2.05) is 0 Å². The summed E-state index contributed by atoms with van der Waals surface area (Å²) in [5.41, 5.74) is -2.59. The third-order valence-electron chi connectivity index (χ3n) is 2.20. The van der Waals surface area contributed by atoms with Gasteiger partial charge >= 0.3 is 18.8 Å². The molecule has 0 atom stereocenters. The summed E-state index contributed by atoms with van der Waals surface area (Å²) >= 11 is 0. The largest absolute Gasteiger partial charge is 0.481 e. The van der Waals surface area contributed by atoms with Crippen molar-refractivity contribution in [1.29, 1.82) is 5.26 Å².